The minimum atomic E-state index is -3.41. The number of aromatic nitrogens is 5. The zero-order valence-corrected chi connectivity index (χ0v) is 21.9. The number of H-pyrrole nitrogens is 2. The van der Waals surface area contributed by atoms with E-state index < -0.39 is 15.8 Å². The van der Waals surface area contributed by atoms with E-state index >= 15 is 0 Å². The summed E-state index contributed by atoms with van der Waals surface area (Å²) in [6.07, 6.45) is 5.01. The number of aryl methyl sites for hydroxylation is 1. The minimum Gasteiger partial charge on any atom is -0.336 e. The smallest absolute Gasteiger partial charge is 0.209 e. The quantitative estimate of drug-likeness (QED) is 0.260. The highest BCUT2D eigenvalue weighted by Crippen LogP contribution is 2.35. The molecule has 3 aromatic heterocycles. The molecule has 5 aromatic rings. The van der Waals surface area contributed by atoms with Gasteiger partial charge in [0.05, 0.1) is 29.0 Å². The SMILES string of the molecule is Cc1ccc(-c2cc(F)cc(CNS(C)(=O)=O)c2)c2[nH]c(-c3n[nH]c4cnc(C5CCNCC5)cc34)nc12. The molecule has 0 atom stereocenters. The van der Waals surface area contributed by atoms with Crippen LogP contribution in [0.1, 0.15) is 35.6 Å². The summed E-state index contributed by atoms with van der Waals surface area (Å²) in [7, 11) is -3.41. The zero-order valence-electron chi connectivity index (χ0n) is 21.1. The Morgan fingerprint density at radius 1 is 1.13 bits per heavy atom. The van der Waals surface area contributed by atoms with Gasteiger partial charge in [-0.2, -0.15) is 5.10 Å². The van der Waals surface area contributed by atoms with Crippen molar-refractivity contribution in [3.05, 3.63) is 65.2 Å². The molecule has 1 saturated heterocycles. The molecule has 1 aliphatic rings. The van der Waals surface area contributed by atoms with E-state index in [0.717, 1.165) is 70.9 Å². The maximum Gasteiger partial charge on any atom is 0.209 e. The molecule has 1 aliphatic heterocycles. The topological polar surface area (TPSA) is 128 Å². The summed E-state index contributed by atoms with van der Waals surface area (Å²) in [5, 5.41) is 12.0. The number of sulfonamides is 1. The molecule has 1 fully saturated rings. The number of benzene rings is 2. The maximum absolute atomic E-state index is 14.6. The number of nitrogens with zero attached hydrogens (tertiary/aromatic N) is 3. The van der Waals surface area contributed by atoms with Gasteiger partial charge in [-0.1, -0.05) is 12.1 Å². The van der Waals surface area contributed by atoms with Gasteiger partial charge in [0.2, 0.25) is 10.0 Å². The first-order valence-corrected chi connectivity index (χ1v) is 14.4. The summed E-state index contributed by atoms with van der Waals surface area (Å²) in [4.78, 5) is 13.0. The van der Waals surface area contributed by atoms with Crippen molar-refractivity contribution in [2.45, 2.75) is 32.2 Å². The highest BCUT2D eigenvalue weighted by Gasteiger charge is 2.21. The van der Waals surface area contributed by atoms with Gasteiger partial charge in [0.1, 0.15) is 11.5 Å². The van der Waals surface area contributed by atoms with Crippen LogP contribution in [0.2, 0.25) is 0 Å². The zero-order chi connectivity index (χ0) is 26.4. The van der Waals surface area contributed by atoms with Gasteiger partial charge in [0.15, 0.2) is 5.82 Å². The molecule has 0 saturated carbocycles. The Labute approximate surface area is 219 Å². The monoisotopic (exact) mass is 533 g/mol. The van der Waals surface area contributed by atoms with Crippen LogP contribution >= 0.6 is 0 Å². The molecule has 4 N–H and O–H groups in total. The maximum atomic E-state index is 14.6. The molecular formula is C27H28FN7O2S. The van der Waals surface area contributed by atoms with Crippen molar-refractivity contribution in [1.29, 1.82) is 0 Å². The molecule has 0 radical (unpaired) electrons. The molecule has 0 aliphatic carbocycles. The summed E-state index contributed by atoms with van der Waals surface area (Å²) < 4.78 is 40.1. The largest absolute Gasteiger partial charge is 0.336 e. The molecule has 4 heterocycles. The summed E-state index contributed by atoms with van der Waals surface area (Å²) >= 11 is 0. The third-order valence-electron chi connectivity index (χ3n) is 7.10. The molecule has 11 heteroatoms. The van der Waals surface area contributed by atoms with Crippen molar-refractivity contribution in [2.75, 3.05) is 19.3 Å². The summed E-state index contributed by atoms with van der Waals surface area (Å²) in [5.74, 6) is 0.574. The lowest BCUT2D eigenvalue weighted by Crippen LogP contribution is -2.27. The van der Waals surface area contributed by atoms with Gasteiger partial charge < -0.3 is 10.3 Å². The van der Waals surface area contributed by atoms with Gasteiger partial charge >= 0.3 is 0 Å². The van der Waals surface area contributed by atoms with Crippen LogP contribution in [0.25, 0.3) is 44.6 Å². The van der Waals surface area contributed by atoms with E-state index in [0.29, 0.717) is 28.6 Å². The average Bonchev–Trinajstić information content (AvgIpc) is 3.52. The number of hydrogen-bond donors (Lipinski definition) is 4. The van der Waals surface area contributed by atoms with E-state index in [1.807, 2.05) is 25.3 Å². The number of rotatable bonds is 6. The average molecular weight is 534 g/mol. The number of piperidine rings is 1. The number of imidazole rings is 1. The van der Waals surface area contributed by atoms with E-state index in [4.69, 9.17) is 4.98 Å². The fraction of sp³-hybridized carbons (Fsp3) is 0.296. The second kappa shape index (κ2) is 9.57. The lowest BCUT2D eigenvalue weighted by Gasteiger charge is -2.21. The highest BCUT2D eigenvalue weighted by molar-refractivity contribution is 7.88. The number of fused-ring (bicyclic) bond motifs is 2. The number of aromatic amines is 2. The van der Waals surface area contributed by atoms with Gasteiger partial charge in [0, 0.05) is 29.1 Å². The number of nitrogens with one attached hydrogen (secondary N) is 4. The second-order valence-electron chi connectivity index (χ2n) is 9.93. The molecule has 0 bridgehead atoms. The third kappa shape index (κ3) is 4.80. The first-order valence-electron chi connectivity index (χ1n) is 12.5. The molecule has 0 amide bonds. The minimum absolute atomic E-state index is 0.000488. The van der Waals surface area contributed by atoms with Crippen LogP contribution < -0.4 is 10.0 Å². The van der Waals surface area contributed by atoms with Gasteiger partial charge in [-0.25, -0.2) is 22.5 Å². The van der Waals surface area contributed by atoms with Gasteiger partial charge in [0.25, 0.3) is 0 Å². The Morgan fingerprint density at radius 2 is 1.95 bits per heavy atom. The van der Waals surface area contributed by atoms with Crippen molar-refractivity contribution in [3.63, 3.8) is 0 Å². The number of hydrogen-bond acceptors (Lipinski definition) is 6. The van der Waals surface area contributed by atoms with Crippen LogP contribution in [-0.4, -0.2) is 52.9 Å². The fourth-order valence-corrected chi connectivity index (χ4v) is 5.58. The van der Waals surface area contributed by atoms with Crippen molar-refractivity contribution in [2.24, 2.45) is 0 Å². The van der Waals surface area contributed by atoms with Gasteiger partial charge in [-0.3, -0.25) is 10.1 Å². The molecule has 38 heavy (non-hydrogen) atoms. The predicted molar refractivity (Wildman–Crippen MR) is 146 cm³/mol. The summed E-state index contributed by atoms with van der Waals surface area (Å²) in [5.41, 5.74) is 7.01. The summed E-state index contributed by atoms with van der Waals surface area (Å²) in [6.45, 7) is 3.95. The van der Waals surface area contributed by atoms with Crippen molar-refractivity contribution >= 4 is 32.0 Å². The molecule has 0 unspecified atom stereocenters. The van der Waals surface area contributed by atoms with Crippen LogP contribution in [0.5, 0.6) is 0 Å². The van der Waals surface area contributed by atoms with E-state index in [1.54, 1.807) is 6.07 Å². The molecule has 6 rings (SSSR count). The van der Waals surface area contributed by atoms with Crippen molar-refractivity contribution in [3.8, 4) is 22.6 Å². The van der Waals surface area contributed by atoms with Crippen LogP contribution in [0, 0.1) is 12.7 Å². The van der Waals surface area contributed by atoms with E-state index in [2.05, 4.69) is 36.3 Å². The lowest BCUT2D eigenvalue weighted by molar-refractivity contribution is 0.453. The molecule has 196 valence electrons. The molecular weight excluding hydrogens is 505 g/mol. The first kappa shape index (κ1) is 24.7. The van der Waals surface area contributed by atoms with Gasteiger partial charge in [-0.15, -0.1) is 0 Å². The standard InChI is InChI=1S/C27H28FN7O2S/c1-15-3-4-20(18-9-16(10-19(28)11-18)13-31-38(2,36)37)25-24(15)32-27(33-25)26-21-12-22(17-5-7-29-8-6-17)30-14-23(21)34-35-26/h3-4,9-12,14,17,29,31H,5-8,13H2,1-2H3,(H,32,33)(H,34,35). The van der Waals surface area contributed by atoms with Gasteiger partial charge in [-0.05, 0) is 73.8 Å². The van der Waals surface area contributed by atoms with Crippen LogP contribution in [0.4, 0.5) is 4.39 Å². The molecule has 9 nitrogen and oxygen atoms in total. The number of halogens is 1. The van der Waals surface area contributed by atoms with Crippen LogP contribution in [-0.2, 0) is 16.6 Å². The van der Waals surface area contributed by atoms with Crippen LogP contribution in [0.15, 0.2) is 42.6 Å². The van der Waals surface area contributed by atoms with E-state index in [9.17, 15) is 12.8 Å². The normalized spacial score (nSPS) is 15.0. The second-order valence-corrected chi connectivity index (χ2v) is 11.8. The third-order valence-corrected chi connectivity index (χ3v) is 7.77. The molecule has 0 spiro atoms. The first-order chi connectivity index (χ1) is 18.2. The summed E-state index contributed by atoms with van der Waals surface area (Å²) in [6, 6.07) is 10.5. The Balaban J connectivity index is 1.43. The van der Waals surface area contributed by atoms with Crippen LogP contribution in [0.3, 0.4) is 0 Å². The lowest BCUT2D eigenvalue weighted by atomic mass is 9.93. The Bertz CT molecular complexity index is 1770. The Hall–Kier alpha value is -3.67. The van der Waals surface area contributed by atoms with E-state index in [1.165, 1.54) is 12.1 Å². The Kier molecular flexibility index (Phi) is 6.21. The van der Waals surface area contributed by atoms with Crippen molar-refractivity contribution in [1.82, 2.24) is 35.2 Å². The molecule has 2 aromatic carbocycles. The highest BCUT2D eigenvalue weighted by atomic mass is 32.2. The van der Waals surface area contributed by atoms with E-state index in [-0.39, 0.29) is 6.54 Å². The number of pyridine rings is 1. The predicted octanol–water partition coefficient (Wildman–Crippen LogP) is 4.13. The van der Waals surface area contributed by atoms with Crippen molar-refractivity contribution < 1.29 is 12.8 Å². The Morgan fingerprint density at radius 3 is 2.74 bits per heavy atom. The fourth-order valence-electron chi connectivity index (χ4n) is 5.15.